The molecule has 0 saturated carbocycles. The first-order valence-corrected chi connectivity index (χ1v) is 6.62. The standard InChI is InChI=1S/C13H28N2O/c1-5-7-8-12(4)14-10-9-13(16)15-11(3)6-2/h11-12,14H,5-10H2,1-4H3,(H,15,16). The lowest BCUT2D eigenvalue weighted by atomic mass is 10.1. The zero-order valence-electron chi connectivity index (χ0n) is 11.3. The van der Waals surface area contributed by atoms with Crippen LogP contribution >= 0.6 is 0 Å². The third-order valence-electron chi connectivity index (χ3n) is 2.86. The van der Waals surface area contributed by atoms with E-state index in [-0.39, 0.29) is 5.91 Å². The minimum Gasteiger partial charge on any atom is -0.354 e. The molecule has 0 aromatic heterocycles. The molecule has 2 N–H and O–H groups in total. The maximum atomic E-state index is 11.5. The topological polar surface area (TPSA) is 41.1 Å². The van der Waals surface area contributed by atoms with Crippen molar-refractivity contribution in [2.45, 2.75) is 71.9 Å². The Morgan fingerprint density at radius 2 is 1.88 bits per heavy atom. The van der Waals surface area contributed by atoms with Crippen LogP contribution in [0.15, 0.2) is 0 Å². The number of rotatable bonds is 9. The van der Waals surface area contributed by atoms with Crippen LogP contribution in [0.4, 0.5) is 0 Å². The molecule has 2 atom stereocenters. The van der Waals surface area contributed by atoms with Gasteiger partial charge < -0.3 is 10.6 Å². The maximum Gasteiger partial charge on any atom is 0.221 e. The lowest BCUT2D eigenvalue weighted by Crippen LogP contribution is -2.35. The molecule has 3 heteroatoms. The molecule has 96 valence electrons. The van der Waals surface area contributed by atoms with E-state index in [4.69, 9.17) is 0 Å². The van der Waals surface area contributed by atoms with Gasteiger partial charge in [0.25, 0.3) is 0 Å². The normalized spacial score (nSPS) is 14.5. The van der Waals surface area contributed by atoms with Crippen molar-refractivity contribution < 1.29 is 4.79 Å². The van der Waals surface area contributed by atoms with Crippen molar-refractivity contribution in [3.63, 3.8) is 0 Å². The molecule has 0 spiro atoms. The summed E-state index contributed by atoms with van der Waals surface area (Å²) in [5.74, 6) is 0.157. The molecular formula is C13H28N2O. The lowest BCUT2D eigenvalue weighted by molar-refractivity contribution is -0.121. The molecule has 0 heterocycles. The predicted octanol–water partition coefficient (Wildman–Crippen LogP) is 2.46. The summed E-state index contributed by atoms with van der Waals surface area (Å²) in [5, 5.41) is 6.35. The number of amides is 1. The van der Waals surface area contributed by atoms with Crippen LogP contribution in [-0.4, -0.2) is 24.5 Å². The molecule has 0 bridgehead atoms. The molecular weight excluding hydrogens is 200 g/mol. The Morgan fingerprint density at radius 3 is 2.44 bits per heavy atom. The monoisotopic (exact) mass is 228 g/mol. The summed E-state index contributed by atoms with van der Waals surface area (Å²) >= 11 is 0. The summed E-state index contributed by atoms with van der Waals surface area (Å²) in [6, 6.07) is 0.821. The highest BCUT2D eigenvalue weighted by molar-refractivity contribution is 5.76. The van der Waals surface area contributed by atoms with Crippen LogP contribution in [0.5, 0.6) is 0 Å². The SMILES string of the molecule is CCCCC(C)NCCC(=O)NC(C)CC. The fourth-order valence-electron chi connectivity index (χ4n) is 1.49. The third-order valence-corrected chi connectivity index (χ3v) is 2.86. The van der Waals surface area contributed by atoms with Gasteiger partial charge in [0.15, 0.2) is 0 Å². The minimum atomic E-state index is 0.157. The first kappa shape index (κ1) is 15.4. The molecule has 0 aliphatic rings. The molecule has 0 aromatic carbocycles. The molecule has 1 amide bonds. The van der Waals surface area contributed by atoms with E-state index in [2.05, 4.69) is 31.4 Å². The molecule has 2 unspecified atom stereocenters. The van der Waals surface area contributed by atoms with E-state index in [9.17, 15) is 4.79 Å². The second-order valence-electron chi connectivity index (χ2n) is 4.62. The Labute approximate surface area is 100 Å². The van der Waals surface area contributed by atoms with Crippen LogP contribution < -0.4 is 10.6 Å². The van der Waals surface area contributed by atoms with Crippen molar-refractivity contribution in [2.75, 3.05) is 6.54 Å². The summed E-state index contributed by atoms with van der Waals surface area (Å²) in [6.07, 6.45) is 5.27. The van der Waals surface area contributed by atoms with Crippen molar-refractivity contribution in [1.29, 1.82) is 0 Å². The Bertz CT molecular complexity index is 183. The van der Waals surface area contributed by atoms with Gasteiger partial charge in [0.2, 0.25) is 5.91 Å². The van der Waals surface area contributed by atoms with Crippen molar-refractivity contribution in [2.24, 2.45) is 0 Å². The molecule has 0 saturated heterocycles. The Morgan fingerprint density at radius 1 is 1.19 bits per heavy atom. The van der Waals surface area contributed by atoms with Gasteiger partial charge in [0.05, 0.1) is 0 Å². The highest BCUT2D eigenvalue weighted by Crippen LogP contribution is 1.99. The molecule has 0 aromatic rings. The van der Waals surface area contributed by atoms with E-state index in [1.54, 1.807) is 0 Å². The summed E-state index contributed by atoms with van der Waals surface area (Å²) in [6.45, 7) is 9.28. The van der Waals surface area contributed by atoms with Gasteiger partial charge in [0, 0.05) is 25.0 Å². The quantitative estimate of drug-likeness (QED) is 0.636. The fourth-order valence-corrected chi connectivity index (χ4v) is 1.49. The van der Waals surface area contributed by atoms with Gasteiger partial charge in [0.1, 0.15) is 0 Å². The van der Waals surface area contributed by atoms with E-state index < -0.39 is 0 Å². The average Bonchev–Trinajstić information content (AvgIpc) is 2.26. The largest absolute Gasteiger partial charge is 0.354 e. The van der Waals surface area contributed by atoms with Crippen LogP contribution in [0, 0.1) is 0 Å². The van der Waals surface area contributed by atoms with Gasteiger partial charge >= 0.3 is 0 Å². The van der Waals surface area contributed by atoms with Crippen LogP contribution in [0.1, 0.15) is 59.8 Å². The molecule has 0 fully saturated rings. The molecule has 0 radical (unpaired) electrons. The van der Waals surface area contributed by atoms with Crippen molar-refractivity contribution in [3.05, 3.63) is 0 Å². The van der Waals surface area contributed by atoms with Gasteiger partial charge in [-0.25, -0.2) is 0 Å². The van der Waals surface area contributed by atoms with Crippen molar-refractivity contribution in [3.8, 4) is 0 Å². The number of hydrogen-bond donors (Lipinski definition) is 2. The van der Waals surface area contributed by atoms with Crippen LogP contribution in [0.2, 0.25) is 0 Å². The predicted molar refractivity (Wildman–Crippen MR) is 69.5 cm³/mol. The van der Waals surface area contributed by atoms with E-state index in [0.29, 0.717) is 18.5 Å². The first-order valence-electron chi connectivity index (χ1n) is 6.62. The van der Waals surface area contributed by atoms with E-state index in [1.807, 2.05) is 6.92 Å². The summed E-state index contributed by atoms with van der Waals surface area (Å²) in [4.78, 5) is 11.5. The molecule has 16 heavy (non-hydrogen) atoms. The highest BCUT2D eigenvalue weighted by atomic mass is 16.1. The van der Waals surface area contributed by atoms with E-state index >= 15 is 0 Å². The van der Waals surface area contributed by atoms with E-state index in [0.717, 1.165) is 13.0 Å². The summed E-state index contributed by atoms with van der Waals surface area (Å²) in [7, 11) is 0. The number of nitrogens with one attached hydrogen (secondary N) is 2. The Hall–Kier alpha value is -0.570. The van der Waals surface area contributed by atoms with Gasteiger partial charge in [-0.15, -0.1) is 0 Å². The summed E-state index contributed by atoms with van der Waals surface area (Å²) < 4.78 is 0. The molecule has 0 aliphatic carbocycles. The molecule has 3 nitrogen and oxygen atoms in total. The van der Waals surface area contributed by atoms with Gasteiger partial charge in [-0.05, 0) is 26.7 Å². The average molecular weight is 228 g/mol. The number of carbonyl (C=O) groups excluding carboxylic acids is 1. The maximum absolute atomic E-state index is 11.5. The zero-order valence-corrected chi connectivity index (χ0v) is 11.3. The molecule has 0 rings (SSSR count). The van der Waals surface area contributed by atoms with Crippen molar-refractivity contribution in [1.82, 2.24) is 10.6 Å². The van der Waals surface area contributed by atoms with Crippen LogP contribution in [0.25, 0.3) is 0 Å². The fraction of sp³-hybridized carbons (Fsp3) is 0.923. The van der Waals surface area contributed by atoms with Gasteiger partial charge in [-0.3, -0.25) is 4.79 Å². The van der Waals surface area contributed by atoms with Crippen LogP contribution in [0.3, 0.4) is 0 Å². The zero-order chi connectivity index (χ0) is 12.4. The molecule has 0 aliphatic heterocycles. The first-order chi connectivity index (χ1) is 7.60. The van der Waals surface area contributed by atoms with Gasteiger partial charge in [-0.1, -0.05) is 26.7 Å². The number of hydrogen-bond acceptors (Lipinski definition) is 2. The van der Waals surface area contributed by atoms with Gasteiger partial charge in [-0.2, -0.15) is 0 Å². The smallest absolute Gasteiger partial charge is 0.221 e. The Balaban J connectivity index is 3.46. The second kappa shape index (κ2) is 9.64. The second-order valence-corrected chi connectivity index (χ2v) is 4.62. The number of unbranched alkanes of at least 4 members (excludes halogenated alkanes) is 1. The van der Waals surface area contributed by atoms with Crippen molar-refractivity contribution >= 4 is 5.91 Å². The number of carbonyl (C=O) groups is 1. The summed E-state index contributed by atoms with van der Waals surface area (Å²) in [5.41, 5.74) is 0. The van der Waals surface area contributed by atoms with E-state index in [1.165, 1.54) is 19.3 Å². The van der Waals surface area contributed by atoms with Crippen LogP contribution in [-0.2, 0) is 4.79 Å². The Kier molecular flexibility index (Phi) is 9.30. The lowest BCUT2D eigenvalue weighted by Gasteiger charge is -2.14. The third kappa shape index (κ3) is 8.72. The highest BCUT2D eigenvalue weighted by Gasteiger charge is 2.06. The minimum absolute atomic E-state index is 0.157.